The lowest BCUT2D eigenvalue weighted by Crippen LogP contribution is -2.45. The Bertz CT molecular complexity index is 1320. The Morgan fingerprint density at radius 1 is 1.09 bits per heavy atom. The first-order valence-corrected chi connectivity index (χ1v) is 13.8. The number of carbonyl (C=O) groups is 1. The summed E-state index contributed by atoms with van der Waals surface area (Å²) in [5, 5.41) is 0.316. The van der Waals surface area contributed by atoms with Gasteiger partial charge in [0.15, 0.2) is 0 Å². The van der Waals surface area contributed by atoms with E-state index in [1.165, 1.54) is 22.5 Å². The van der Waals surface area contributed by atoms with Crippen LogP contribution < -0.4 is 4.90 Å². The number of anilines is 1. The average Bonchev–Trinajstić information content (AvgIpc) is 3.13. The number of carbonyl (C=O) groups excluding carboxylic acids is 1. The zero-order chi connectivity index (χ0) is 24.5. The van der Waals surface area contributed by atoms with E-state index in [-0.39, 0.29) is 40.0 Å². The second kappa shape index (κ2) is 10.4. The second-order valence-corrected chi connectivity index (χ2v) is 11.9. The van der Waals surface area contributed by atoms with Gasteiger partial charge in [-0.1, -0.05) is 69.5 Å². The highest BCUT2D eigenvalue weighted by Crippen LogP contribution is 2.35. The molecule has 0 aromatic heterocycles. The highest BCUT2D eigenvalue weighted by Gasteiger charge is 2.35. The predicted molar refractivity (Wildman–Crippen MR) is 140 cm³/mol. The van der Waals surface area contributed by atoms with Gasteiger partial charge >= 0.3 is 0 Å². The molecule has 0 unspecified atom stereocenters. The van der Waals surface area contributed by atoms with Crippen LogP contribution in [0.5, 0.6) is 0 Å². The molecule has 0 aliphatic carbocycles. The third-order valence-electron chi connectivity index (χ3n) is 5.84. The first-order chi connectivity index (χ1) is 16.2. The summed E-state index contributed by atoms with van der Waals surface area (Å²) in [4.78, 5) is 15.1. The molecule has 3 aromatic rings. The molecule has 1 amide bonds. The fourth-order valence-corrected chi connectivity index (χ4v) is 6.74. The Labute approximate surface area is 218 Å². The topological polar surface area (TPSA) is 57.7 Å². The molecule has 1 aliphatic heterocycles. The molecule has 4 rings (SSSR count). The molecule has 0 bridgehead atoms. The van der Waals surface area contributed by atoms with Crippen LogP contribution in [-0.4, -0.2) is 37.8 Å². The molecule has 1 heterocycles. The zero-order valence-corrected chi connectivity index (χ0v) is 22.3. The van der Waals surface area contributed by atoms with Gasteiger partial charge < -0.3 is 4.90 Å². The maximum absolute atomic E-state index is 13.7. The van der Waals surface area contributed by atoms with E-state index < -0.39 is 10.0 Å². The van der Waals surface area contributed by atoms with Crippen molar-refractivity contribution in [1.82, 2.24) is 4.31 Å². The average molecular weight is 582 g/mol. The van der Waals surface area contributed by atoms with Gasteiger partial charge in [-0.25, -0.2) is 8.42 Å². The van der Waals surface area contributed by atoms with Crippen LogP contribution in [0, 0.1) is 0 Å². The van der Waals surface area contributed by atoms with Crippen LogP contribution in [0.4, 0.5) is 5.69 Å². The Morgan fingerprint density at radius 2 is 1.82 bits per heavy atom. The predicted octanol–water partition coefficient (Wildman–Crippen LogP) is 5.97. The van der Waals surface area contributed by atoms with E-state index in [0.717, 1.165) is 21.3 Å². The van der Waals surface area contributed by atoms with Gasteiger partial charge in [-0.3, -0.25) is 4.79 Å². The maximum atomic E-state index is 13.7. The molecule has 1 aliphatic rings. The molecule has 34 heavy (non-hydrogen) atoms. The van der Waals surface area contributed by atoms with Gasteiger partial charge in [0, 0.05) is 27.8 Å². The molecule has 178 valence electrons. The first-order valence-electron chi connectivity index (χ1n) is 10.8. The minimum absolute atomic E-state index is 0.0614. The van der Waals surface area contributed by atoms with Crippen LogP contribution in [0.2, 0.25) is 10.0 Å². The van der Waals surface area contributed by atoms with Crippen molar-refractivity contribution in [2.75, 3.05) is 18.0 Å². The van der Waals surface area contributed by atoms with Gasteiger partial charge in [-0.15, -0.1) is 0 Å². The van der Waals surface area contributed by atoms with Crippen LogP contribution in [0.3, 0.4) is 0 Å². The Kier molecular flexibility index (Phi) is 7.69. The number of sulfonamides is 1. The summed E-state index contributed by atoms with van der Waals surface area (Å²) in [6.45, 7) is 1.77. The molecule has 0 radical (unpaired) electrons. The summed E-state index contributed by atoms with van der Waals surface area (Å²) < 4.78 is 29.4. The second-order valence-electron chi connectivity index (χ2n) is 8.24. The van der Waals surface area contributed by atoms with E-state index in [2.05, 4.69) is 15.9 Å². The first kappa shape index (κ1) is 25.2. The lowest BCUT2D eigenvalue weighted by molar-refractivity contribution is -0.119. The van der Waals surface area contributed by atoms with Crippen LogP contribution in [0.1, 0.15) is 18.1 Å². The molecule has 0 saturated heterocycles. The molecule has 0 saturated carbocycles. The van der Waals surface area contributed by atoms with Crippen molar-refractivity contribution >= 4 is 60.7 Å². The quantitative estimate of drug-likeness (QED) is 0.345. The lowest BCUT2D eigenvalue weighted by atomic mass is 10.1. The summed E-state index contributed by atoms with van der Waals surface area (Å²) >= 11 is 15.8. The van der Waals surface area contributed by atoms with Crippen molar-refractivity contribution < 1.29 is 13.2 Å². The molecule has 3 aromatic carbocycles. The van der Waals surface area contributed by atoms with E-state index in [9.17, 15) is 13.2 Å². The molecule has 1 atom stereocenters. The van der Waals surface area contributed by atoms with Gasteiger partial charge in [0.05, 0.1) is 11.6 Å². The van der Waals surface area contributed by atoms with E-state index >= 15 is 0 Å². The Morgan fingerprint density at radius 3 is 2.56 bits per heavy atom. The molecule has 0 N–H and O–H groups in total. The number of hydrogen-bond donors (Lipinski definition) is 0. The van der Waals surface area contributed by atoms with E-state index in [0.29, 0.717) is 12.8 Å². The van der Waals surface area contributed by atoms with Crippen molar-refractivity contribution in [3.8, 4) is 0 Å². The number of amides is 1. The van der Waals surface area contributed by atoms with E-state index in [4.69, 9.17) is 23.2 Å². The highest BCUT2D eigenvalue weighted by molar-refractivity contribution is 9.10. The number of hydrogen-bond acceptors (Lipinski definition) is 3. The fourth-order valence-electron chi connectivity index (χ4n) is 4.20. The van der Waals surface area contributed by atoms with Crippen molar-refractivity contribution in [1.29, 1.82) is 0 Å². The number of benzene rings is 3. The number of halogens is 3. The third-order valence-corrected chi connectivity index (χ3v) is 8.90. The summed E-state index contributed by atoms with van der Waals surface area (Å²) in [5.41, 5.74) is 2.82. The molecule has 0 spiro atoms. The maximum Gasteiger partial charge on any atom is 0.245 e. The van der Waals surface area contributed by atoms with E-state index in [1.807, 2.05) is 55.5 Å². The smallest absolute Gasteiger partial charge is 0.245 e. The monoisotopic (exact) mass is 580 g/mol. The third kappa shape index (κ3) is 5.34. The molecule has 0 fully saturated rings. The minimum Gasteiger partial charge on any atom is -0.308 e. The van der Waals surface area contributed by atoms with Gasteiger partial charge in [0.25, 0.3) is 0 Å². The van der Waals surface area contributed by atoms with Crippen molar-refractivity contribution in [2.24, 2.45) is 0 Å². The van der Waals surface area contributed by atoms with Crippen LogP contribution >= 0.6 is 39.1 Å². The number of fused-ring (bicyclic) bond motifs is 1. The summed E-state index contributed by atoms with van der Waals surface area (Å²) in [5.74, 6) is -0.289. The number of rotatable bonds is 7. The minimum atomic E-state index is -4.09. The Hall–Kier alpha value is -1.90. The normalized spacial score (nSPS) is 15.6. The van der Waals surface area contributed by atoms with Crippen molar-refractivity contribution in [2.45, 2.75) is 30.7 Å². The lowest BCUT2D eigenvalue weighted by Gasteiger charge is -2.28. The van der Waals surface area contributed by atoms with Gasteiger partial charge in [-0.05, 0) is 67.3 Å². The van der Waals surface area contributed by atoms with Gasteiger partial charge in [0.2, 0.25) is 15.9 Å². The molecule has 5 nitrogen and oxygen atoms in total. The number of nitrogens with zero attached hydrogens (tertiary/aromatic N) is 2. The van der Waals surface area contributed by atoms with Crippen LogP contribution in [0.25, 0.3) is 0 Å². The zero-order valence-electron chi connectivity index (χ0n) is 18.4. The summed E-state index contributed by atoms with van der Waals surface area (Å²) in [6, 6.07) is 19.5. The SMILES string of the molecule is C[C@H]1Cc2cc(Br)ccc2N1C(=O)CN(CCc1ccccc1)S(=O)(=O)c1cc(Cl)ccc1Cl. The van der Waals surface area contributed by atoms with Crippen molar-refractivity contribution in [3.05, 3.63) is 92.4 Å². The van der Waals surface area contributed by atoms with Crippen LogP contribution in [0.15, 0.2) is 76.1 Å². The highest BCUT2D eigenvalue weighted by atomic mass is 79.9. The van der Waals surface area contributed by atoms with Gasteiger partial charge in [-0.2, -0.15) is 4.31 Å². The Balaban J connectivity index is 1.66. The van der Waals surface area contributed by atoms with Crippen LogP contribution in [-0.2, 0) is 27.7 Å². The molecule has 9 heteroatoms. The standard InChI is InChI=1S/C25H23BrCl2N2O3S/c1-17-13-19-14-20(26)7-10-23(19)30(17)25(31)16-29(12-11-18-5-3-2-4-6-18)34(32,33)24-15-21(27)8-9-22(24)28/h2-10,14-15,17H,11-13,16H2,1H3/t17-/m0/s1. The fraction of sp³-hybridized carbons (Fsp3) is 0.240. The van der Waals surface area contributed by atoms with E-state index in [1.54, 1.807) is 4.90 Å². The molecular formula is C25H23BrCl2N2O3S. The summed E-state index contributed by atoms with van der Waals surface area (Å²) in [6.07, 6.45) is 1.15. The molecular weight excluding hydrogens is 559 g/mol. The largest absolute Gasteiger partial charge is 0.308 e. The van der Waals surface area contributed by atoms with Gasteiger partial charge in [0.1, 0.15) is 4.90 Å². The summed E-state index contributed by atoms with van der Waals surface area (Å²) in [7, 11) is -4.09. The van der Waals surface area contributed by atoms with Crippen molar-refractivity contribution in [3.63, 3.8) is 0 Å².